The SMILES string of the molecule is Cc1noc(C)c1CCNC(=O)CCc1ccccc1. The summed E-state index contributed by atoms with van der Waals surface area (Å²) in [5, 5.41) is 6.84. The highest BCUT2D eigenvalue weighted by atomic mass is 16.5. The molecule has 1 heterocycles. The van der Waals surface area contributed by atoms with Crippen LogP contribution < -0.4 is 5.32 Å². The Morgan fingerprint density at radius 2 is 1.95 bits per heavy atom. The summed E-state index contributed by atoms with van der Waals surface area (Å²) >= 11 is 0. The molecular formula is C16H20N2O2. The smallest absolute Gasteiger partial charge is 0.220 e. The molecule has 0 atom stereocenters. The number of benzene rings is 1. The van der Waals surface area contributed by atoms with Crippen LogP contribution >= 0.6 is 0 Å². The third kappa shape index (κ3) is 3.95. The van der Waals surface area contributed by atoms with Gasteiger partial charge >= 0.3 is 0 Å². The monoisotopic (exact) mass is 272 g/mol. The van der Waals surface area contributed by atoms with E-state index in [-0.39, 0.29) is 5.91 Å². The number of carbonyl (C=O) groups is 1. The van der Waals surface area contributed by atoms with Crippen LogP contribution in [0.15, 0.2) is 34.9 Å². The average molecular weight is 272 g/mol. The first-order valence-electron chi connectivity index (χ1n) is 6.89. The number of hydrogen-bond acceptors (Lipinski definition) is 3. The van der Waals surface area contributed by atoms with Gasteiger partial charge in [-0.2, -0.15) is 0 Å². The molecule has 0 aliphatic heterocycles. The summed E-state index contributed by atoms with van der Waals surface area (Å²) in [5.41, 5.74) is 3.18. The van der Waals surface area contributed by atoms with Crippen molar-refractivity contribution >= 4 is 5.91 Å². The molecule has 1 amide bonds. The summed E-state index contributed by atoms with van der Waals surface area (Å²) < 4.78 is 5.10. The molecule has 1 aromatic carbocycles. The molecule has 1 N–H and O–H groups in total. The van der Waals surface area contributed by atoms with Crippen molar-refractivity contribution in [2.45, 2.75) is 33.1 Å². The molecule has 2 aromatic rings. The molecule has 106 valence electrons. The van der Waals surface area contributed by atoms with Gasteiger partial charge in [0, 0.05) is 18.5 Å². The van der Waals surface area contributed by atoms with Crippen LogP contribution in [0.4, 0.5) is 0 Å². The van der Waals surface area contributed by atoms with Crippen molar-refractivity contribution in [2.24, 2.45) is 0 Å². The summed E-state index contributed by atoms with van der Waals surface area (Å²) in [6, 6.07) is 10.0. The predicted molar refractivity (Wildman–Crippen MR) is 77.5 cm³/mol. The van der Waals surface area contributed by atoms with E-state index in [0.717, 1.165) is 29.9 Å². The zero-order chi connectivity index (χ0) is 14.4. The molecule has 0 aliphatic carbocycles. The molecule has 0 aliphatic rings. The lowest BCUT2D eigenvalue weighted by Crippen LogP contribution is -2.26. The number of nitrogens with zero attached hydrogens (tertiary/aromatic N) is 1. The van der Waals surface area contributed by atoms with Gasteiger partial charge in [0.2, 0.25) is 5.91 Å². The van der Waals surface area contributed by atoms with Crippen LogP contribution in [0.5, 0.6) is 0 Å². The average Bonchev–Trinajstić information content (AvgIpc) is 2.78. The van der Waals surface area contributed by atoms with Crippen LogP contribution in [0, 0.1) is 13.8 Å². The molecule has 0 saturated heterocycles. The lowest BCUT2D eigenvalue weighted by Gasteiger charge is -2.05. The Balaban J connectivity index is 1.71. The Hall–Kier alpha value is -2.10. The van der Waals surface area contributed by atoms with Crippen molar-refractivity contribution in [2.75, 3.05) is 6.54 Å². The first-order valence-corrected chi connectivity index (χ1v) is 6.89. The maximum Gasteiger partial charge on any atom is 0.220 e. The van der Waals surface area contributed by atoms with E-state index in [9.17, 15) is 4.79 Å². The molecule has 0 fully saturated rings. The lowest BCUT2D eigenvalue weighted by molar-refractivity contribution is -0.121. The Kier molecular flexibility index (Phi) is 4.93. The Morgan fingerprint density at radius 1 is 1.20 bits per heavy atom. The molecule has 0 unspecified atom stereocenters. The van der Waals surface area contributed by atoms with Gasteiger partial charge in [0.05, 0.1) is 5.69 Å². The van der Waals surface area contributed by atoms with Crippen LogP contribution in [-0.2, 0) is 17.6 Å². The second-order valence-electron chi connectivity index (χ2n) is 4.89. The summed E-state index contributed by atoms with van der Waals surface area (Å²) in [6.07, 6.45) is 2.06. The van der Waals surface area contributed by atoms with E-state index >= 15 is 0 Å². The fraction of sp³-hybridized carbons (Fsp3) is 0.375. The normalized spacial score (nSPS) is 10.5. The van der Waals surface area contributed by atoms with Gasteiger partial charge in [-0.05, 0) is 32.3 Å². The van der Waals surface area contributed by atoms with Gasteiger partial charge in [-0.15, -0.1) is 0 Å². The summed E-state index contributed by atoms with van der Waals surface area (Å²) in [4.78, 5) is 11.8. The molecule has 4 nitrogen and oxygen atoms in total. The Morgan fingerprint density at radius 3 is 2.60 bits per heavy atom. The largest absolute Gasteiger partial charge is 0.361 e. The topological polar surface area (TPSA) is 55.1 Å². The third-order valence-electron chi connectivity index (χ3n) is 3.36. The third-order valence-corrected chi connectivity index (χ3v) is 3.36. The highest BCUT2D eigenvalue weighted by molar-refractivity contribution is 5.76. The fourth-order valence-electron chi connectivity index (χ4n) is 2.18. The number of aryl methyl sites for hydroxylation is 3. The number of carbonyl (C=O) groups excluding carboxylic acids is 1. The molecule has 2 rings (SSSR count). The van der Waals surface area contributed by atoms with Crippen molar-refractivity contribution in [1.29, 1.82) is 0 Å². The molecule has 0 saturated carbocycles. The van der Waals surface area contributed by atoms with Crippen LogP contribution in [0.3, 0.4) is 0 Å². The second-order valence-corrected chi connectivity index (χ2v) is 4.89. The molecule has 1 aromatic heterocycles. The van der Waals surface area contributed by atoms with E-state index in [2.05, 4.69) is 10.5 Å². The van der Waals surface area contributed by atoms with Gasteiger partial charge in [0.25, 0.3) is 0 Å². The molecule has 0 spiro atoms. The Labute approximate surface area is 119 Å². The van der Waals surface area contributed by atoms with E-state index in [1.165, 1.54) is 5.56 Å². The number of nitrogens with one attached hydrogen (secondary N) is 1. The predicted octanol–water partition coefficient (Wildman–Crippen LogP) is 2.58. The Bertz CT molecular complexity index is 542. The standard InChI is InChI=1S/C16H20N2O2/c1-12-15(13(2)20-18-12)10-11-17-16(19)9-8-14-6-4-3-5-7-14/h3-7H,8-11H2,1-2H3,(H,17,19). The fourth-order valence-corrected chi connectivity index (χ4v) is 2.18. The van der Waals surface area contributed by atoms with Gasteiger partial charge in [0.1, 0.15) is 5.76 Å². The van der Waals surface area contributed by atoms with Crippen LogP contribution in [0.2, 0.25) is 0 Å². The molecule has 0 bridgehead atoms. The summed E-state index contributed by atoms with van der Waals surface area (Å²) in [7, 11) is 0. The van der Waals surface area contributed by atoms with Crippen molar-refractivity contribution in [1.82, 2.24) is 10.5 Å². The minimum atomic E-state index is 0.0839. The van der Waals surface area contributed by atoms with Gasteiger partial charge in [-0.25, -0.2) is 0 Å². The summed E-state index contributed by atoms with van der Waals surface area (Å²) in [6.45, 7) is 4.44. The van der Waals surface area contributed by atoms with Crippen molar-refractivity contribution in [3.8, 4) is 0 Å². The highest BCUT2D eigenvalue weighted by Crippen LogP contribution is 2.12. The van der Waals surface area contributed by atoms with Gasteiger partial charge in [-0.3, -0.25) is 4.79 Å². The zero-order valence-corrected chi connectivity index (χ0v) is 12.0. The number of amides is 1. The lowest BCUT2D eigenvalue weighted by atomic mass is 10.1. The van der Waals surface area contributed by atoms with E-state index in [1.807, 2.05) is 44.2 Å². The first kappa shape index (κ1) is 14.3. The molecular weight excluding hydrogens is 252 g/mol. The van der Waals surface area contributed by atoms with Gasteiger partial charge in [-0.1, -0.05) is 35.5 Å². The number of rotatable bonds is 6. The number of hydrogen-bond donors (Lipinski definition) is 1. The second kappa shape index (κ2) is 6.89. The highest BCUT2D eigenvalue weighted by Gasteiger charge is 2.09. The first-order chi connectivity index (χ1) is 9.66. The van der Waals surface area contributed by atoms with Gasteiger partial charge < -0.3 is 9.84 Å². The minimum Gasteiger partial charge on any atom is -0.361 e. The van der Waals surface area contributed by atoms with Gasteiger partial charge in [0.15, 0.2) is 0 Å². The van der Waals surface area contributed by atoms with E-state index in [1.54, 1.807) is 0 Å². The van der Waals surface area contributed by atoms with Crippen molar-refractivity contribution in [3.05, 3.63) is 52.9 Å². The van der Waals surface area contributed by atoms with Crippen LogP contribution in [0.25, 0.3) is 0 Å². The van der Waals surface area contributed by atoms with Crippen molar-refractivity contribution in [3.63, 3.8) is 0 Å². The van der Waals surface area contributed by atoms with Crippen molar-refractivity contribution < 1.29 is 9.32 Å². The molecule has 4 heteroatoms. The molecule has 20 heavy (non-hydrogen) atoms. The quantitative estimate of drug-likeness (QED) is 0.879. The van der Waals surface area contributed by atoms with Crippen LogP contribution in [-0.4, -0.2) is 17.6 Å². The number of aromatic nitrogens is 1. The van der Waals surface area contributed by atoms with E-state index in [4.69, 9.17) is 4.52 Å². The summed E-state index contributed by atoms with van der Waals surface area (Å²) in [5.74, 6) is 0.918. The maximum absolute atomic E-state index is 11.8. The van der Waals surface area contributed by atoms with E-state index in [0.29, 0.717) is 13.0 Å². The zero-order valence-electron chi connectivity index (χ0n) is 12.0. The maximum atomic E-state index is 11.8. The van der Waals surface area contributed by atoms with E-state index < -0.39 is 0 Å². The molecule has 0 radical (unpaired) electrons. The minimum absolute atomic E-state index is 0.0839. The van der Waals surface area contributed by atoms with Crippen LogP contribution in [0.1, 0.15) is 29.0 Å².